The van der Waals surface area contributed by atoms with Gasteiger partial charge in [-0.15, -0.1) is 0 Å². The van der Waals surface area contributed by atoms with E-state index < -0.39 is 11.8 Å². The molecule has 0 saturated carbocycles. The van der Waals surface area contributed by atoms with Crippen LogP contribution < -0.4 is 10.6 Å². The van der Waals surface area contributed by atoms with Crippen molar-refractivity contribution in [3.05, 3.63) is 28.0 Å². The fourth-order valence-corrected chi connectivity index (χ4v) is 2.22. The smallest absolute Gasteiger partial charge is 0.329 e. The third-order valence-corrected chi connectivity index (χ3v) is 3.52. The third-order valence-electron chi connectivity index (χ3n) is 2.91. The summed E-state index contributed by atoms with van der Waals surface area (Å²) in [7, 11) is 1.64. The maximum Gasteiger partial charge on any atom is 0.329 e. The van der Waals surface area contributed by atoms with Crippen LogP contribution in [0.5, 0.6) is 0 Å². The number of imide groups is 1. The molecule has 1 aromatic rings. The van der Waals surface area contributed by atoms with Gasteiger partial charge < -0.3 is 5.32 Å². The van der Waals surface area contributed by atoms with E-state index in [0.717, 1.165) is 4.90 Å². The summed E-state index contributed by atoms with van der Waals surface area (Å²) in [6.45, 7) is 0.102. The van der Waals surface area contributed by atoms with Crippen molar-refractivity contribution in [3.63, 3.8) is 0 Å². The van der Waals surface area contributed by atoms with Crippen molar-refractivity contribution in [2.24, 2.45) is 0 Å². The second-order valence-corrected chi connectivity index (χ2v) is 5.02. The number of nitrogens with one attached hydrogen (secondary N) is 3. The van der Waals surface area contributed by atoms with E-state index in [4.69, 9.17) is 5.41 Å². The van der Waals surface area contributed by atoms with Crippen molar-refractivity contribution in [2.45, 2.75) is 6.42 Å². The van der Waals surface area contributed by atoms with E-state index in [2.05, 4.69) is 26.6 Å². The summed E-state index contributed by atoms with van der Waals surface area (Å²) in [6, 6.07) is 1.99. The summed E-state index contributed by atoms with van der Waals surface area (Å²) in [4.78, 5) is 23.9. The first-order chi connectivity index (χ1) is 9.43. The molecule has 1 heterocycles. The molecular weight excluding hydrogens is 331 g/mol. The summed E-state index contributed by atoms with van der Waals surface area (Å²) in [6.07, 6.45) is 0.113. The summed E-state index contributed by atoms with van der Waals surface area (Å²) < 4.78 is 13.9. The van der Waals surface area contributed by atoms with Crippen molar-refractivity contribution in [1.29, 1.82) is 5.41 Å². The number of carbonyl (C=O) groups excluding carboxylic acids is 2. The molecule has 2 rings (SSSR count). The lowest BCUT2D eigenvalue weighted by atomic mass is 10.1. The van der Waals surface area contributed by atoms with Crippen LogP contribution in [0.15, 0.2) is 16.6 Å². The highest BCUT2D eigenvalue weighted by atomic mass is 79.9. The Hall–Kier alpha value is -1.96. The largest absolute Gasteiger partial charge is 0.387 e. The Balaban J connectivity index is 2.36. The number of anilines is 1. The van der Waals surface area contributed by atoms with Gasteiger partial charge in [-0.1, -0.05) is 0 Å². The number of hydrogen-bond acceptors (Lipinski definition) is 4. The van der Waals surface area contributed by atoms with Crippen LogP contribution in [0.1, 0.15) is 12.0 Å². The van der Waals surface area contributed by atoms with Gasteiger partial charge in [0, 0.05) is 31.3 Å². The fraction of sp³-hybridized carbons (Fsp3) is 0.250. The molecule has 0 radical (unpaired) electrons. The van der Waals surface area contributed by atoms with Crippen LogP contribution in [0.4, 0.5) is 14.9 Å². The number of carbonyl (C=O) groups is 2. The highest BCUT2D eigenvalue weighted by Gasteiger charge is 2.28. The molecule has 0 unspecified atom stereocenters. The zero-order chi connectivity index (χ0) is 14.9. The van der Waals surface area contributed by atoms with Gasteiger partial charge in [-0.05, 0) is 28.1 Å². The minimum absolute atomic E-state index is 0.102. The van der Waals surface area contributed by atoms with Gasteiger partial charge in [0.1, 0.15) is 11.7 Å². The molecule has 8 heteroatoms. The molecule has 6 nitrogen and oxygen atoms in total. The molecular formula is C12H12BrFN4O2. The number of rotatable bonds is 2. The SMILES string of the molecule is CNc1cc(Br)c(F)cc1C(=N)N1CCC(=O)NC1=O. The Kier molecular flexibility index (Phi) is 4.03. The van der Waals surface area contributed by atoms with E-state index in [1.54, 1.807) is 7.05 Å². The van der Waals surface area contributed by atoms with Gasteiger partial charge in [0.25, 0.3) is 0 Å². The number of amides is 3. The van der Waals surface area contributed by atoms with Crippen LogP contribution in [0.2, 0.25) is 0 Å². The first kappa shape index (κ1) is 14.4. The Morgan fingerprint density at radius 2 is 2.20 bits per heavy atom. The number of halogens is 2. The van der Waals surface area contributed by atoms with Crippen molar-refractivity contribution in [1.82, 2.24) is 10.2 Å². The van der Waals surface area contributed by atoms with Crippen LogP contribution in [0, 0.1) is 11.2 Å². The van der Waals surface area contributed by atoms with Gasteiger partial charge >= 0.3 is 6.03 Å². The van der Waals surface area contributed by atoms with E-state index in [1.165, 1.54) is 12.1 Å². The second kappa shape index (κ2) is 5.58. The van der Waals surface area contributed by atoms with E-state index in [0.29, 0.717) is 5.69 Å². The van der Waals surface area contributed by atoms with E-state index in [9.17, 15) is 14.0 Å². The minimum Gasteiger partial charge on any atom is -0.387 e. The number of hydrogen-bond donors (Lipinski definition) is 3. The minimum atomic E-state index is -0.670. The fourth-order valence-electron chi connectivity index (χ4n) is 1.87. The molecule has 1 fully saturated rings. The average molecular weight is 343 g/mol. The van der Waals surface area contributed by atoms with Crippen LogP contribution in [-0.2, 0) is 4.79 Å². The molecule has 0 spiro atoms. The second-order valence-electron chi connectivity index (χ2n) is 4.17. The van der Waals surface area contributed by atoms with Gasteiger partial charge in [-0.3, -0.25) is 20.4 Å². The molecule has 1 aliphatic heterocycles. The molecule has 3 N–H and O–H groups in total. The van der Waals surface area contributed by atoms with Crippen molar-refractivity contribution in [3.8, 4) is 0 Å². The highest BCUT2D eigenvalue weighted by molar-refractivity contribution is 9.10. The molecule has 0 atom stereocenters. The Morgan fingerprint density at radius 3 is 2.80 bits per heavy atom. The molecule has 1 aromatic carbocycles. The summed E-state index contributed by atoms with van der Waals surface area (Å²) in [5, 5.41) is 13.0. The molecule has 20 heavy (non-hydrogen) atoms. The average Bonchev–Trinajstić information content (AvgIpc) is 2.40. The van der Waals surface area contributed by atoms with Gasteiger partial charge in [0.2, 0.25) is 5.91 Å². The summed E-state index contributed by atoms with van der Waals surface area (Å²) >= 11 is 3.06. The zero-order valence-electron chi connectivity index (χ0n) is 10.6. The molecule has 1 saturated heterocycles. The van der Waals surface area contributed by atoms with Gasteiger partial charge in [0.05, 0.1) is 4.47 Å². The monoisotopic (exact) mass is 342 g/mol. The Morgan fingerprint density at radius 1 is 1.50 bits per heavy atom. The predicted molar refractivity (Wildman–Crippen MR) is 75.3 cm³/mol. The highest BCUT2D eigenvalue weighted by Crippen LogP contribution is 2.26. The zero-order valence-corrected chi connectivity index (χ0v) is 12.2. The van der Waals surface area contributed by atoms with Crippen molar-refractivity contribution in [2.75, 3.05) is 18.9 Å². The van der Waals surface area contributed by atoms with E-state index in [-0.39, 0.29) is 34.7 Å². The first-order valence-electron chi connectivity index (χ1n) is 5.81. The molecule has 0 aromatic heterocycles. The number of urea groups is 1. The van der Waals surface area contributed by atoms with Crippen LogP contribution in [-0.4, -0.2) is 36.3 Å². The normalized spacial score (nSPS) is 15.1. The lowest BCUT2D eigenvalue weighted by molar-refractivity contribution is -0.121. The maximum atomic E-state index is 13.6. The third kappa shape index (κ3) is 2.64. The van der Waals surface area contributed by atoms with Crippen LogP contribution in [0.3, 0.4) is 0 Å². The number of benzene rings is 1. The Bertz CT molecular complexity index is 605. The number of amidine groups is 1. The van der Waals surface area contributed by atoms with Gasteiger partial charge in [-0.25, -0.2) is 9.18 Å². The topological polar surface area (TPSA) is 85.3 Å². The summed E-state index contributed by atoms with van der Waals surface area (Å²) in [5.41, 5.74) is 0.755. The van der Waals surface area contributed by atoms with Crippen LogP contribution in [0.25, 0.3) is 0 Å². The molecule has 0 bridgehead atoms. The standard InChI is InChI=1S/C12H12BrFN4O2/c1-16-9-5-7(13)8(14)4-6(9)11(15)18-3-2-10(19)17-12(18)20/h4-5,15-16H,2-3H2,1H3,(H,17,19,20). The van der Waals surface area contributed by atoms with Gasteiger partial charge in [-0.2, -0.15) is 0 Å². The lowest BCUT2D eigenvalue weighted by Gasteiger charge is -2.27. The van der Waals surface area contributed by atoms with Crippen molar-refractivity contribution >= 4 is 39.4 Å². The Labute approximate surface area is 123 Å². The molecule has 0 aliphatic carbocycles. The van der Waals surface area contributed by atoms with Gasteiger partial charge in [0.15, 0.2) is 0 Å². The quantitative estimate of drug-likeness (QED) is 0.566. The van der Waals surface area contributed by atoms with E-state index in [1.807, 2.05) is 0 Å². The number of nitrogens with zero attached hydrogens (tertiary/aromatic N) is 1. The predicted octanol–water partition coefficient (Wildman–Crippen LogP) is 1.90. The van der Waals surface area contributed by atoms with Crippen molar-refractivity contribution < 1.29 is 14.0 Å². The molecule has 1 aliphatic rings. The van der Waals surface area contributed by atoms with Crippen LogP contribution >= 0.6 is 15.9 Å². The maximum absolute atomic E-state index is 13.6. The van der Waals surface area contributed by atoms with E-state index >= 15 is 0 Å². The molecule has 3 amide bonds. The lowest BCUT2D eigenvalue weighted by Crippen LogP contribution is -2.52. The molecule has 106 valence electrons. The summed E-state index contributed by atoms with van der Waals surface area (Å²) in [5.74, 6) is -1.07. The first-order valence-corrected chi connectivity index (χ1v) is 6.60.